The number of hydrogen-bond donors (Lipinski definition) is 4. The zero-order valence-corrected chi connectivity index (χ0v) is 16.3. The van der Waals surface area contributed by atoms with E-state index in [1.807, 2.05) is 0 Å². The van der Waals surface area contributed by atoms with Crippen LogP contribution >= 0.6 is 0 Å². The second kappa shape index (κ2) is 10.1. The van der Waals surface area contributed by atoms with E-state index in [0.717, 1.165) is 25.7 Å². The maximum Gasteiger partial charge on any atom is 0.315 e. The lowest BCUT2D eigenvalue weighted by Crippen LogP contribution is -2.43. The summed E-state index contributed by atoms with van der Waals surface area (Å²) in [5.74, 6) is -0.178. The molecule has 0 unspecified atom stereocenters. The molecule has 28 heavy (non-hydrogen) atoms. The molecule has 0 spiro atoms. The highest BCUT2D eigenvalue weighted by atomic mass is 16.2. The normalized spacial score (nSPS) is 16.9. The number of amides is 4. The third-order valence-electron chi connectivity index (χ3n) is 5.15. The number of benzene rings is 1. The van der Waals surface area contributed by atoms with E-state index in [4.69, 9.17) is 0 Å². The first-order valence-electron chi connectivity index (χ1n) is 10.4. The maximum atomic E-state index is 12.0. The fourth-order valence-corrected chi connectivity index (χ4v) is 3.36. The summed E-state index contributed by atoms with van der Waals surface area (Å²) in [6.45, 7) is 0.465. The van der Waals surface area contributed by atoms with Gasteiger partial charge in [0.1, 0.15) is 0 Å². The molecule has 3 rings (SSSR count). The minimum absolute atomic E-state index is 0.0713. The van der Waals surface area contributed by atoms with Crippen molar-refractivity contribution in [1.29, 1.82) is 0 Å². The van der Waals surface area contributed by atoms with Gasteiger partial charge in [0, 0.05) is 36.3 Å². The fraction of sp³-hybridized carbons (Fsp3) is 0.571. The van der Waals surface area contributed by atoms with Gasteiger partial charge in [-0.3, -0.25) is 9.59 Å². The van der Waals surface area contributed by atoms with Crippen LogP contribution in [0.5, 0.6) is 0 Å². The van der Waals surface area contributed by atoms with E-state index >= 15 is 0 Å². The van der Waals surface area contributed by atoms with Crippen molar-refractivity contribution in [2.24, 2.45) is 0 Å². The Labute approximate surface area is 166 Å². The number of nitrogens with one attached hydrogen (secondary N) is 4. The van der Waals surface area contributed by atoms with Crippen molar-refractivity contribution in [2.45, 2.75) is 69.9 Å². The molecule has 1 aromatic rings. The molecule has 0 atom stereocenters. The van der Waals surface area contributed by atoms with Gasteiger partial charge in [0.25, 0.3) is 5.91 Å². The average Bonchev–Trinajstić information content (AvgIpc) is 3.50. The standard InChI is InChI=1S/C21H30N4O3/c26-19(7-4-14-22-21(28)25-16-5-2-1-3-6-16)23-17-10-8-15(9-11-17)20(27)24-18-12-13-18/h8-11,16,18H,1-7,12-14H2,(H,23,26)(H,24,27)(H2,22,25,28). The Hall–Kier alpha value is -2.57. The Morgan fingerprint density at radius 3 is 2.21 bits per heavy atom. The third kappa shape index (κ3) is 6.87. The van der Waals surface area contributed by atoms with Crippen molar-refractivity contribution in [3.05, 3.63) is 29.8 Å². The highest BCUT2D eigenvalue weighted by Crippen LogP contribution is 2.20. The summed E-state index contributed by atoms with van der Waals surface area (Å²) in [7, 11) is 0. The molecule has 4 N–H and O–H groups in total. The lowest BCUT2D eigenvalue weighted by Gasteiger charge is -2.22. The van der Waals surface area contributed by atoms with Gasteiger partial charge in [-0.25, -0.2) is 4.79 Å². The van der Waals surface area contributed by atoms with Crippen molar-refractivity contribution in [1.82, 2.24) is 16.0 Å². The molecule has 2 saturated carbocycles. The van der Waals surface area contributed by atoms with Gasteiger partial charge < -0.3 is 21.3 Å². The largest absolute Gasteiger partial charge is 0.349 e. The molecule has 0 saturated heterocycles. The van der Waals surface area contributed by atoms with Crippen molar-refractivity contribution < 1.29 is 14.4 Å². The van der Waals surface area contributed by atoms with Crippen LogP contribution in [0.25, 0.3) is 0 Å². The van der Waals surface area contributed by atoms with E-state index in [1.54, 1.807) is 24.3 Å². The Morgan fingerprint density at radius 1 is 0.857 bits per heavy atom. The number of anilines is 1. The summed E-state index contributed by atoms with van der Waals surface area (Å²) in [6, 6.07) is 7.35. The van der Waals surface area contributed by atoms with Crippen LogP contribution in [-0.2, 0) is 4.79 Å². The quantitative estimate of drug-likeness (QED) is 0.517. The molecular formula is C21H30N4O3. The van der Waals surface area contributed by atoms with Crippen LogP contribution < -0.4 is 21.3 Å². The predicted octanol–water partition coefficient (Wildman–Crippen LogP) is 2.93. The van der Waals surface area contributed by atoms with E-state index < -0.39 is 0 Å². The Morgan fingerprint density at radius 2 is 1.54 bits per heavy atom. The summed E-state index contributed by atoms with van der Waals surface area (Å²) in [6.07, 6.45) is 8.72. The van der Waals surface area contributed by atoms with E-state index in [2.05, 4.69) is 21.3 Å². The lowest BCUT2D eigenvalue weighted by atomic mass is 9.96. The first-order valence-corrected chi connectivity index (χ1v) is 10.4. The minimum atomic E-state index is -0.146. The molecule has 0 aromatic heterocycles. The average molecular weight is 386 g/mol. The van der Waals surface area contributed by atoms with Crippen molar-refractivity contribution in [3.63, 3.8) is 0 Å². The number of carbonyl (C=O) groups excluding carboxylic acids is 3. The summed E-state index contributed by atoms with van der Waals surface area (Å²) < 4.78 is 0. The molecule has 0 bridgehead atoms. The lowest BCUT2D eigenvalue weighted by molar-refractivity contribution is -0.116. The van der Waals surface area contributed by atoms with E-state index in [-0.39, 0.29) is 23.9 Å². The fourth-order valence-electron chi connectivity index (χ4n) is 3.36. The predicted molar refractivity (Wildman–Crippen MR) is 108 cm³/mol. The van der Waals surface area contributed by atoms with Crippen LogP contribution in [0.2, 0.25) is 0 Å². The number of carbonyl (C=O) groups is 3. The van der Waals surface area contributed by atoms with Gasteiger partial charge in [-0.2, -0.15) is 0 Å². The minimum Gasteiger partial charge on any atom is -0.349 e. The Kier molecular flexibility index (Phi) is 7.28. The van der Waals surface area contributed by atoms with Crippen LogP contribution in [0.1, 0.15) is 68.1 Å². The van der Waals surface area contributed by atoms with Gasteiger partial charge in [-0.1, -0.05) is 19.3 Å². The second-order valence-electron chi connectivity index (χ2n) is 7.71. The molecule has 0 heterocycles. The van der Waals surface area contributed by atoms with Gasteiger partial charge in [-0.05, 0) is 56.4 Å². The summed E-state index contributed by atoms with van der Waals surface area (Å²) in [4.78, 5) is 35.8. The van der Waals surface area contributed by atoms with Crippen LogP contribution in [0, 0.1) is 0 Å². The molecule has 1 aromatic carbocycles. The maximum absolute atomic E-state index is 12.0. The van der Waals surface area contributed by atoms with E-state index in [9.17, 15) is 14.4 Å². The molecule has 2 fully saturated rings. The molecule has 152 valence electrons. The molecule has 7 heteroatoms. The SMILES string of the molecule is O=C(CCCNC(=O)NC1CCCCC1)Nc1ccc(C(=O)NC2CC2)cc1. The number of urea groups is 1. The van der Waals surface area contributed by atoms with E-state index in [0.29, 0.717) is 36.7 Å². The molecule has 4 amide bonds. The van der Waals surface area contributed by atoms with Crippen LogP contribution in [-0.4, -0.2) is 36.5 Å². The second-order valence-corrected chi connectivity index (χ2v) is 7.71. The topological polar surface area (TPSA) is 99.3 Å². The molecule has 0 aliphatic heterocycles. The smallest absolute Gasteiger partial charge is 0.315 e. The zero-order chi connectivity index (χ0) is 19.8. The van der Waals surface area contributed by atoms with Gasteiger partial charge in [0.05, 0.1) is 0 Å². The van der Waals surface area contributed by atoms with Gasteiger partial charge >= 0.3 is 6.03 Å². The summed E-state index contributed by atoms with van der Waals surface area (Å²) in [5.41, 5.74) is 1.26. The summed E-state index contributed by atoms with van der Waals surface area (Å²) in [5, 5.41) is 11.6. The summed E-state index contributed by atoms with van der Waals surface area (Å²) >= 11 is 0. The highest BCUT2D eigenvalue weighted by Gasteiger charge is 2.23. The van der Waals surface area contributed by atoms with Crippen LogP contribution in [0.4, 0.5) is 10.5 Å². The van der Waals surface area contributed by atoms with Gasteiger partial charge in [0.2, 0.25) is 5.91 Å². The molecule has 2 aliphatic carbocycles. The van der Waals surface area contributed by atoms with Crippen molar-refractivity contribution >= 4 is 23.5 Å². The molecule has 7 nitrogen and oxygen atoms in total. The number of rotatable bonds is 8. The first-order chi connectivity index (χ1) is 13.6. The number of hydrogen-bond acceptors (Lipinski definition) is 3. The molecule has 2 aliphatic rings. The Balaban J connectivity index is 1.29. The van der Waals surface area contributed by atoms with Gasteiger partial charge in [-0.15, -0.1) is 0 Å². The van der Waals surface area contributed by atoms with Crippen LogP contribution in [0.15, 0.2) is 24.3 Å². The highest BCUT2D eigenvalue weighted by molar-refractivity contribution is 5.96. The molecule has 0 radical (unpaired) electrons. The third-order valence-corrected chi connectivity index (χ3v) is 5.15. The van der Waals surface area contributed by atoms with E-state index in [1.165, 1.54) is 19.3 Å². The van der Waals surface area contributed by atoms with Crippen LogP contribution in [0.3, 0.4) is 0 Å². The van der Waals surface area contributed by atoms with Gasteiger partial charge in [0.15, 0.2) is 0 Å². The van der Waals surface area contributed by atoms with Crippen molar-refractivity contribution in [2.75, 3.05) is 11.9 Å². The zero-order valence-electron chi connectivity index (χ0n) is 16.3. The molecular weight excluding hydrogens is 356 g/mol. The Bertz CT molecular complexity index is 679. The monoisotopic (exact) mass is 386 g/mol. The first kappa shape index (κ1) is 20.2. The van der Waals surface area contributed by atoms with Crippen molar-refractivity contribution in [3.8, 4) is 0 Å².